The topological polar surface area (TPSA) is 119 Å². The zero-order valence-corrected chi connectivity index (χ0v) is 7.45. The quantitative estimate of drug-likeness (QED) is 0.297. The fourth-order valence-corrected chi connectivity index (χ4v) is 0.963. The lowest BCUT2D eigenvalue weighted by Gasteiger charge is -2.28. The lowest BCUT2D eigenvalue weighted by atomic mass is 10.6. The van der Waals surface area contributed by atoms with Gasteiger partial charge < -0.3 is 16.0 Å². The number of primary amides is 1. The highest BCUT2D eigenvalue weighted by Gasteiger charge is 2.13. The van der Waals surface area contributed by atoms with E-state index < -0.39 is 6.03 Å². The summed E-state index contributed by atoms with van der Waals surface area (Å²) in [5.41, 5.74) is 4.91. The van der Waals surface area contributed by atoms with Gasteiger partial charge in [0.25, 0.3) is 0 Å². The summed E-state index contributed by atoms with van der Waals surface area (Å²) >= 11 is 0. The van der Waals surface area contributed by atoms with E-state index in [4.69, 9.17) is 11.0 Å². The SMILES string of the molecule is N#CNC1=NCNCN1CNC(N)=O. The third kappa shape index (κ3) is 2.80. The fraction of sp³-hybridized carbons (Fsp3) is 0.500. The normalized spacial score (nSPS) is 15.4. The molecule has 0 radical (unpaired) electrons. The Bertz CT molecular complexity index is 280. The number of hydrogen-bond acceptors (Lipinski definition) is 6. The third-order valence-corrected chi connectivity index (χ3v) is 1.55. The van der Waals surface area contributed by atoms with Crippen LogP contribution in [-0.2, 0) is 0 Å². The highest BCUT2D eigenvalue weighted by molar-refractivity contribution is 5.82. The molecule has 0 unspecified atom stereocenters. The van der Waals surface area contributed by atoms with Gasteiger partial charge in [-0.25, -0.2) is 9.79 Å². The number of hydrogen-bond donors (Lipinski definition) is 4. The molecule has 0 aromatic carbocycles. The van der Waals surface area contributed by atoms with Crippen molar-refractivity contribution in [3.05, 3.63) is 0 Å². The molecule has 8 heteroatoms. The molecule has 1 heterocycles. The molecular formula is C6H11N7O. The number of rotatable bonds is 2. The van der Waals surface area contributed by atoms with Gasteiger partial charge in [0.1, 0.15) is 0 Å². The Balaban J connectivity index is 2.49. The highest BCUT2D eigenvalue weighted by Crippen LogP contribution is 1.91. The molecule has 0 spiro atoms. The minimum Gasteiger partial charge on any atom is -0.352 e. The molecule has 1 aliphatic rings. The van der Waals surface area contributed by atoms with E-state index in [1.54, 1.807) is 11.1 Å². The van der Waals surface area contributed by atoms with E-state index >= 15 is 0 Å². The van der Waals surface area contributed by atoms with Crippen molar-refractivity contribution in [3.8, 4) is 6.19 Å². The monoisotopic (exact) mass is 197 g/mol. The first-order valence-corrected chi connectivity index (χ1v) is 3.92. The third-order valence-electron chi connectivity index (χ3n) is 1.55. The van der Waals surface area contributed by atoms with Crippen LogP contribution in [-0.4, -0.2) is 36.9 Å². The minimum absolute atomic E-state index is 0.204. The second-order valence-corrected chi connectivity index (χ2v) is 2.52. The number of nitrogens with one attached hydrogen (secondary N) is 3. The summed E-state index contributed by atoms with van der Waals surface area (Å²) in [5.74, 6) is 0.417. The molecule has 5 N–H and O–H groups in total. The summed E-state index contributed by atoms with van der Waals surface area (Å²) in [6, 6.07) is -0.619. The van der Waals surface area contributed by atoms with E-state index in [-0.39, 0.29) is 6.67 Å². The standard InChI is InChI=1S/C6H11N7O/c7-1-10-6-11-2-9-3-13(6)4-12-5(8)14/h9H,2-4H2,(H,10,11)(H3,8,12,14). The van der Waals surface area contributed by atoms with Crippen LogP contribution in [0.4, 0.5) is 4.79 Å². The van der Waals surface area contributed by atoms with Crippen LogP contribution in [0.3, 0.4) is 0 Å². The second-order valence-electron chi connectivity index (χ2n) is 2.52. The van der Waals surface area contributed by atoms with Crippen molar-refractivity contribution in [2.24, 2.45) is 10.7 Å². The lowest BCUT2D eigenvalue weighted by Crippen LogP contribution is -2.53. The van der Waals surface area contributed by atoms with Crippen LogP contribution >= 0.6 is 0 Å². The van der Waals surface area contributed by atoms with Crippen molar-refractivity contribution in [2.75, 3.05) is 20.0 Å². The molecule has 0 saturated carbocycles. The minimum atomic E-state index is -0.619. The number of aliphatic imine (C=N–C) groups is 1. The highest BCUT2D eigenvalue weighted by atomic mass is 16.2. The van der Waals surface area contributed by atoms with E-state index in [2.05, 4.69) is 20.9 Å². The predicted molar refractivity (Wildman–Crippen MR) is 48.5 cm³/mol. The smallest absolute Gasteiger partial charge is 0.313 e. The predicted octanol–water partition coefficient (Wildman–Crippen LogP) is -2.14. The molecule has 8 nitrogen and oxygen atoms in total. The average Bonchev–Trinajstić information content (AvgIpc) is 2.17. The van der Waals surface area contributed by atoms with Gasteiger partial charge in [0, 0.05) is 0 Å². The van der Waals surface area contributed by atoms with Gasteiger partial charge in [-0.3, -0.25) is 10.6 Å². The number of urea groups is 1. The molecule has 0 aliphatic carbocycles. The molecule has 2 amide bonds. The van der Waals surface area contributed by atoms with Crippen LogP contribution in [0.1, 0.15) is 0 Å². The molecule has 1 rings (SSSR count). The maximum absolute atomic E-state index is 10.4. The summed E-state index contributed by atoms with van der Waals surface area (Å²) in [6.07, 6.45) is 1.76. The number of nitriles is 1. The summed E-state index contributed by atoms with van der Waals surface area (Å²) in [5, 5.41) is 16.2. The number of guanidine groups is 1. The fourth-order valence-electron chi connectivity index (χ4n) is 0.963. The number of carbonyl (C=O) groups is 1. The largest absolute Gasteiger partial charge is 0.352 e. The zero-order valence-electron chi connectivity index (χ0n) is 7.45. The van der Waals surface area contributed by atoms with Crippen molar-refractivity contribution in [1.29, 1.82) is 5.26 Å². The van der Waals surface area contributed by atoms with E-state index in [1.165, 1.54) is 0 Å². The number of nitrogens with zero attached hydrogens (tertiary/aromatic N) is 3. The number of nitrogens with two attached hydrogens (primary N) is 1. The van der Waals surface area contributed by atoms with Gasteiger partial charge in [-0.15, -0.1) is 0 Å². The maximum Gasteiger partial charge on any atom is 0.313 e. The van der Waals surface area contributed by atoms with Crippen molar-refractivity contribution < 1.29 is 4.79 Å². The molecular weight excluding hydrogens is 186 g/mol. The van der Waals surface area contributed by atoms with Crippen LogP contribution in [0, 0.1) is 11.5 Å². The Kier molecular flexibility index (Phi) is 3.51. The molecule has 0 aromatic rings. The van der Waals surface area contributed by atoms with Gasteiger partial charge in [-0.1, -0.05) is 0 Å². The van der Waals surface area contributed by atoms with Gasteiger partial charge >= 0.3 is 6.03 Å². The summed E-state index contributed by atoms with van der Waals surface area (Å²) < 4.78 is 0. The Morgan fingerprint density at radius 3 is 3.29 bits per heavy atom. The summed E-state index contributed by atoms with van der Waals surface area (Å²) in [7, 11) is 0. The number of carbonyl (C=O) groups excluding carboxylic acids is 1. The summed E-state index contributed by atoms with van der Waals surface area (Å²) in [6.45, 7) is 1.14. The van der Waals surface area contributed by atoms with Crippen LogP contribution in [0.5, 0.6) is 0 Å². The molecule has 0 fully saturated rings. The van der Waals surface area contributed by atoms with Crippen LogP contribution in [0.15, 0.2) is 4.99 Å². The Morgan fingerprint density at radius 1 is 1.86 bits per heavy atom. The molecule has 0 atom stereocenters. The maximum atomic E-state index is 10.4. The Labute approximate surface area is 80.8 Å². The second kappa shape index (κ2) is 4.88. The van der Waals surface area contributed by atoms with Gasteiger partial charge in [0.2, 0.25) is 5.96 Å². The molecule has 0 aromatic heterocycles. The van der Waals surface area contributed by atoms with Crippen molar-refractivity contribution in [1.82, 2.24) is 20.9 Å². The van der Waals surface area contributed by atoms with E-state index in [1.807, 2.05) is 0 Å². The first kappa shape index (κ1) is 10.1. The van der Waals surface area contributed by atoms with Crippen LogP contribution < -0.4 is 21.7 Å². The van der Waals surface area contributed by atoms with Crippen molar-refractivity contribution >= 4 is 12.0 Å². The molecule has 14 heavy (non-hydrogen) atoms. The molecule has 0 bridgehead atoms. The molecule has 0 saturated heterocycles. The first-order chi connectivity index (χ1) is 6.74. The van der Waals surface area contributed by atoms with Gasteiger partial charge in [-0.05, 0) is 0 Å². The molecule has 1 aliphatic heterocycles. The average molecular weight is 197 g/mol. The van der Waals surface area contributed by atoms with Gasteiger partial charge in [0.05, 0.1) is 20.0 Å². The zero-order chi connectivity index (χ0) is 10.4. The van der Waals surface area contributed by atoms with Crippen LogP contribution in [0.2, 0.25) is 0 Å². The number of amides is 2. The van der Waals surface area contributed by atoms with E-state index in [0.29, 0.717) is 19.3 Å². The van der Waals surface area contributed by atoms with Gasteiger partial charge in [-0.2, -0.15) is 5.26 Å². The summed E-state index contributed by atoms with van der Waals surface area (Å²) in [4.78, 5) is 16.1. The lowest BCUT2D eigenvalue weighted by molar-refractivity contribution is 0.241. The van der Waals surface area contributed by atoms with E-state index in [9.17, 15) is 4.79 Å². The van der Waals surface area contributed by atoms with Crippen molar-refractivity contribution in [3.63, 3.8) is 0 Å². The Hall–Kier alpha value is -2.01. The van der Waals surface area contributed by atoms with E-state index in [0.717, 1.165) is 0 Å². The van der Waals surface area contributed by atoms with Crippen molar-refractivity contribution in [2.45, 2.75) is 0 Å². The first-order valence-electron chi connectivity index (χ1n) is 3.92. The van der Waals surface area contributed by atoms with Crippen LogP contribution in [0.25, 0.3) is 0 Å². The van der Waals surface area contributed by atoms with Gasteiger partial charge in [0.15, 0.2) is 6.19 Å². The Morgan fingerprint density at radius 2 is 2.64 bits per heavy atom. The molecule has 76 valence electrons.